The van der Waals surface area contributed by atoms with Crippen LogP contribution in [0.3, 0.4) is 0 Å². The zero-order valence-corrected chi connectivity index (χ0v) is 10.7. The number of anilines is 2. The summed E-state index contributed by atoms with van der Waals surface area (Å²) in [6.45, 7) is 5.10. The third-order valence-corrected chi connectivity index (χ3v) is 2.77. The summed E-state index contributed by atoms with van der Waals surface area (Å²) in [7, 11) is 0. The van der Waals surface area contributed by atoms with E-state index in [2.05, 4.69) is 40.8 Å². The number of nitrogens with zero attached hydrogens (tertiary/aromatic N) is 3. The lowest BCUT2D eigenvalue weighted by atomic mass is 10.2. The fraction of sp³-hybridized carbons (Fsp3) is 0.286. The van der Waals surface area contributed by atoms with Crippen LogP contribution in [0.1, 0.15) is 19.4 Å². The second-order valence-corrected chi connectivity index (χ2v) is 4.51. The summed E-state index contributed by atoms with van der Waals surface area (Å²) >= 11 is 0. The lowest BCUT2D eigenvalue weighted by Gasteiger charge is -2.27. The molecule has 1 aromatic carbocycles. The number of aromatic nitrogens is 2. The number of nitrogens with two attached hydrogens (primary N) is 1. The number of rotatable bonds is 4. The van der Waals surface area contributed by atoms with Crippen molar-refractivity contribution in [2.24, 2.45) is 0 Å². The van der Waals surface area contributed by atoms with E-state index in [9.17, 15) is 0 Å². The van der Waals surface area contributed by atoms with Crippen LogP contribution in [-0.2, 0) is 6.54 Å². The Hall–Kier alpha value is -2.10. The van der Waals surface area contributed by atoms with Crippen LogP contribution in [0.25, 0.3) is 0 Å². The van der Waals surface area contributed by atoms with Gasteiger partial charge in [0.05, 0.1) is 12.4 Å². The molecule has 0 saturated carbocycles. The van der Waals surface area contributed by atoms with Gasteiger partial charge in [0.2, 0.25) is 0 Å². The number of benzene rings is 1. The highest BCUT2D eigenvalue weighted by Gasteiger charge is 2.12. The van der Waals surface area contributed by atoms with Gasteiger partial charge in [-0.15, -0.1) is 0 Å². The summed E-state index contributed by atoms with van der Waals surface area (Å²) in [5, 5.41) is 0. The van der Waals surface area contributed by atoms with Crippen molar-refractivity contribution in [1.82, 2.24) is 9.97 Å². The molecular weight excluding hydrogens is 224 g/mol. The largest absolute Gasteiger partial charge is 0.382 e. The maximum Gasteiger partial charge on any atom is 0.147 e. The maximum absolute atomic E-state index is 5.56. The molecule has 1 aromatic heterocycles. The Morgan fingerprint density at radius 3 is 2.39 bits per heavy atom. The van der Waals surface area contributed by atoms with Crippen LogP contribution in [0.15, 0.2) is 42.7 Å². The minimum atomic E-state index is 0.350. The molecule has 0 bridgehead atoms. The number of nitrogen functional groups attached to an aromatic ring is 1. The first-order chi connectivity index (χ1) is 8.66. The third kappa shape index (κ3) is 2.97. The Kier molecular flexibility index (Phi) is 3.77. The molecule has 0 aliphatic rings. The van der Waals surface area contributed by atoms with Crippen LogP contribution >= 0.6 is 0 Å². The Morgan fingerprint density at radius 1 is 1.11 bits per heavy atom. The van der Waals surface area contributed by atoms with Crippen LogP contribution in [0, 0.1) is 0 Å². The van der Waals surface area contributed by atoms with Crippen molar-refractivity contribution in [3.8, 4) is 0 Å². The van der Waals surface area contributed by atoms with Crippen LogP contribution < -0.4 is 10.6 Å². The molecule has 0 atom stereocenters. The van der Waals surface area contributed by atoms with Crippen molar-refractivity contribution in [3.05, 3.63) is 48.3 Å². The summed E-state index contributed by atoms with van der Waals surface area (Å²) in [5.41, 5.74) is 6.82. The van der Waals surface area contributed by atoms with Gasteiger partial charge in [-0.3, -0.25) is 0 Å². The molecule has 0 radical (unpaired) electrons. The SMILES string of the molecule is CC(C)N(Cc1ccccc1)c1cnc(N)cn1. The Morgan fingerprint density at radius 2 is 1.83 bits per heavy atom. The van der Waals surface area contributed by atoms with Gasteiger partial charge in [0.1, 0.15) is 11.6 Å². The predicted molar refractivity (Wildman–Crippen MR) is 74.2 cm³/mol. The van der Waals surface area contributed by atoms with Crippen LogP contribution in [0.2, 0.25) is 0 Å². The van der Waals surface area contributed by atoms with Gasteiger partial charge in [-0.2, -0.15) is 0 Å². The van der Waals surface area contributed by atoms with E-state index in [1.807, 2.05) is 18.2 Å². The molecule has 0 aliphatic heterocycles. The molecule has 2 N–H and O–H groups in total. The van der Waals surface area contributed by atoms with E-state index >= 15 is 0 Å². The molecule has 0 spiro atoms. The molecule has 0 fully saturated rings. The normalized spacial score (nSPS) is 10.6. The minimum Gasteiger partial charge on any atom is -0.382 e. The zero-order chi connectivity index (χ0) is 13.0. The fourth-order valence-electron chi connectivity index (χ4n) is 1.79. The van der Waals surface area contributed by atoms with E-state index in [1.54, 1.807) is 12.4 Å². The standard InChI is InChI=1S/C14H18N4/c1-11(2)18(10-12-6-4-3-5-7-12)14-9-16-13(15)8-17-14/h3-9,11H,10H2,1-2H3,(H2,15,16). The monoisotopic (exact) mass is 242 g/mol. The molecule has 0 amide bonds. The third-order valence-electron chi connectivity index (χ3n) is 2.77. The fourth-order valence-corrected chi connectivity index (χ4v) is 1.79. The average molecular weight is 242 g/mol. The van der Waals surface area contributed by atoms with Crippen LogP contribution in [0.4, 0.5) is 11.6 Å². The Labute approximate surface area is 107 Å². The minimum absolute atomic E-state index is 0.350. The van der Waals surface area contributed by atoms with Crippen LogP contribution in [-0.4, -0.2) is 16.0 Å². The summed E-state index contributed by atoms with van der Waals surface area (Å²) in [5.74, 6) is 1.30. The van der Waals surface area contributed by atoms with E-state index in [-0.39, 0.29) is 0 Å². The van der Waals surface area contributed by atoms with Crippen molar-refractivity contribution in [3.63, 3.8) is 0 Å². The Balaban J connectivity index is 2.21. The van der Waals surface area contributed by atoms with Crippen molar-refractivity contribution in [1.29, 1.82) is 0 Å². The highest BCUT2D eigenvalue weighted by molar-refractivity contribution is 5.41. The smallest absolute Gasteiger partial charge is 0.147 e. The first kappa shape index (κ1) is 12.4. The second kappa shape index (κ2) is 5.49. The van der Waals surface area contributed by atoms with E-state index in [0.29, 0.717) is 11.9 Å². The molecule has 2 rings (SSSR count). The van der Waals surface area contributed by atoms with Crippen molar-refractivity contribution < 1.29 is 0 Å². The van der Waals surface area contributed by atoms with Gasteiger partial charge in [-0.05, 0) is 19.4 Å². The predicted octanol–water partition coefficient (Wildman–Crippen LogP) is 2.47. The van der Waals surface area contributed by atoms with Crippen molar-refractivity contribution in [2.45, 2.75) is 26.4 Å². The van der Waals surface area contributed by atoms with Gasteiger partial charge in [-0.25, -0.2) is 9.97 Å². The maximum atomic E-state index is 5.56. The highest BCUT2D eigenvalue weighted by Crippen LogP contribution is 2.17. The summed E-state index contributed by atoms with van der Waals surface area (Å²) in [6.07, 6.45) is 3.31. The van der Waals surface area contributed by atoms with E-state index in [0.717, 1.165) is 12.4 Å². The molecule has 0 unspecified atom stereocenters. The lowest BCUT2D eigenvalue weighted by molar-refractivity contribution is 0.671. The van der Waals surface area contributed by atoms with Crippen molar-refractivity contribution in [2.75, 3.05) is 10.6 Å². The summed E-state index contributed by atoms with van der Waals surface area (Å²) < 4.78 is 0. The van der Waals surface area contributed by atoms with E-state index < -0.39 is 0 Å². The lowest BCUT2D eigenvalue weighted by Crippen LogP contribution is -2.31. The molecule has 0 aliphatic carbocycles. The van der Waals surface area contributed by atoms with Crippen LogP contribution in [0.5, 0.6) is 0 Å². The molecule has 94 valence electrons. The summed E-state index contributed by atoms with van der Waals surface area (Å²) in [6, 6.07) is 10.7. The van der Waals surface area contributed by atoms with Gasteiger partial charge in [0.25, 0.3) is 0 Å². The van der Waals surface area contributed by atoms with E-state index in [1.165, 1.54) is 5.56 Å². The Bertz CT molecular complexity index is 479. The number of hydrogen-bond donors (Lipinski definition) is 1. The first-order valence-electron chi connectivity index (χ1n) is 6.05. The summed E-state index contributed by atoms with van der Waals surface area (Å²) in [4.78, 5) is 10.6. The van der Waals surface area contributed by atoms with Gasteiger partial charge in [-0.1, -0.05) is 30.3 Å². The average Bonchev–Trinajstić information content (AvgIpc) is 2.38. The molecule has 18 heavy (non-hydrogen) atoms. The van der Waals surface area contributed by atoms with Crippen molar-refractivity contribution >= 4 is 11.6 Å². The number of hydrogen-bond acceptors (Lipinski definition) is 4. The zero-order valence-electron chi connectivity index (χ0n) is 10.7. The van der Waals surface area contributed by atoms with Gasteiger partial charge in [0.15, 0.2) is 0 Å². The molecule has 4 heteroatoms. The molecule has 0 saturated heterocycles. The quantitative estimate of drug-likeness (QED) is 0.894. The second-order valence-electron chi connectivity index (χ2n) is 4.51. The van der Waals surface area contributed by atoms with Gasteiger partial charge < -0.3 is 10.6 Å². The van der Waals surface area contributed by atoms with Gasteiger partial charge in [0, 0.05) is 12.6 Å². The van der Waals surface area contributed by atoms with Gasteiger partial charge >= 0.3 is 0 Å². The first-order valence-corrected chi connectivity index (χ1v) is 6.05. The van der Waals surface area contributed by atoms with E-state index in [4.69, 9.17) is 5.73 Å². The topological polar surface area (TPSA) is 55.0 Å². The highest BCUT2D eigenvalue weighted by atomic mass is 15.2. The molecule has 4 nitrogen and oxygen atoms in total. The molecule has 1 heterocycles. The molecular formula is C14H18N4. The molecule has 2 aromatic rings.